The third kappa shape index (κ3) is 21.3. The van der Waals surface area contributed by atoms with Crippen LogP contribution in [0.5, 0.6) is 0 Å². The minimum absolute atomic E-state index is 0.246. The van der Waals surface area contributed by atoms with Gasteiger partial charge in [0.05, 0.1) is 17.9 Å². The zero-order valence-corrected chi connectivity index (χ0v) is 22.3. The number of unbranched alkanes of at least 4 members (excludes halogenated alkanes) is 7. The average Bonchev–Trinajstić information content (AvgIpc) is 2.80. The summed E-state index contributed by atoms with van der Waals surface area (Å²) < 4.78 is 31.9. The quantitative estimate of drug-likeness (QED) is 0.0970. The van der Waals surface area contributed by atoms with Crippen molar-refractivity contribution in [3.63, 3.8) is 0 Å². The molecule has 0 bridgehead atoms. The molecule has 0 heterocycles. The number of hydrogen-bond donors (Lipinski definition) is 4. The summed E-state index contributed by atoms with van der Waals surface area (Å²) in [4.78, 5) is 12.3. The van der Waals surface area contributed by atoms with Gasteiger partial charge in [0.1, 0.15) is 6.10 Å². The fourth-order valence-corrected chi connectivity index (χ4v) is 4.09. The monoisotopic (exact) mass is 513 g/mol. The molecule has 4 N–H and O–H groups in total. The molecule has 0 aromatic carbocycles. The number of hydrogen-bond acceptors (Lipinski definition) is 5. The van der Waals surface area contributed by atoms with E-state index in [0.717, 1.165) is 44.9 Å². The number of allylic oxidation sites excluding steroid dienone is 7. The number of carbonyl (C=O) groups is 1. The zero-order chi connectivity index (χ0) is 26.4. The van der Waals surface area contributed by atoms with Crippen molar-refractivity contribution in [3.05, 3.63) is 48.6 Å². The Morgan fingerprint density at radius 3 is 2.00 bits per heavy atom. The van der Waals surface area contributed by atoms with Gasteiger partial charge in [-0.1, -0.05) is 81.2 Å². The van der Waals surface area contributed by atoms with Crippen LogP contribution in [-0.2, 0) is 14.9 Å². The molecule has 7 nitrogen and oxygen atoms in total. The van der Waals surface area contributed by atoms with Crippen molar-refractivity contribution in [1.29, 1.82) is 0 Å². The molecule has 0 aliphatic heterocycles. The van der Waals surface area contributed by atoms with Crippen molar-refractivity contribution in [2.45, 2.75) is 109 Å². The Morgan fingerprint density at radius 2 is 1.40 bits per heavy atom. The van der Waals surface area contributed by atoms with Crippen molar-refractivity contribution in [2.24, 2.45) is 0 Å². The van der Waals surface area contributed by atoms with Crippen molar-refractivity contribution < 1.29 is 28.0 Å². The number of carbonyl (C=O) groups excluding carboxylic acids is 1. The number of rotatable bonds is 21. The van der Waals surface area contributed by atoms with E-state index in [1.165, 1.54) is 18.9 Å². The maximum absolute atomic E-state index is 12.3. The molecule has 202 valence electrons. The predicted molar refractivity (Wildman–Crippen MR) is 144 cm³/mol. The van der Waals surface area contributed by atoms with Gasteiger partial charge in [-0.3, -0.25) is 9.35 Å². The van der Waals surface area contributed by atoms with Crippen LogP contribution in [0.15, 0.2) is 48.6 Å². The van der Waals surface area contributed by atoms with E-state index in [2.05, 4.69) is 36.5 Å². The molecule has 0 spiro atoms. The normalized spacial score (nSPS) is 15.5. The third-order valence-electron chi connectivity index (χ3n) is 5.41. The van der Waals surface area contributed by atoms with E-state index in [1.807, 2.05) is 19.1 Å². The summed E-state index contributed by atoms with van der Waals surface area (Å²) in [5.41, 5.74) is 0. The molecular weight excluding hydrogens is 466 g/mol. The summed E-state index contributed by atoms with van der Waals surface area (Å²) in [6, 6.07) is -1.26. The Labute approximate surface area is 212 Å². The van der Waals surface area contributed by atoms with Gasteiger partial charge in [0.15, 0.2) is 0 Å². The molecular formula is C27H47NO6S. The molecule has 0 fully saturated rings. The molecule has 0 saturated carbocycles. The molecule has 0 aliphatic rings. The van der Waals surface area contributed by atoms with E-state index in [1.54, 1.807) is 6.08 Å². The molecule has 3 atom stereocenters. The fourth-order valence-electron chi connectivity index (χ4n) is 3.35. The summed E-state index contributed by atoms with van der Waals surface area (Å²) in [6.07, 6.45) is 23.6. The summed E-state index contributed by atoms with van der Waals surface area (Å²) in [5, 5.41) is 22.9. The first-order chi connectivity index (χ1) is 16.7. The van der Waals surface area contributed by atoms with E-state index in [4.69, 9.17) is 0 Å². The maximum atomic E-state index is 12.3. The van der Waals surface area contributed by atoms with Gasteiger partial charge in [0.25, 0.3) is 10.1 Å². The number of aliphatic hydroxyl groups excluding tert-OH is 2. The second-order valence-corrected chi connectivity index (χ2v) is 10.2. The van der Waals surface area contributed by atoms with Crippen LogP contribution in [0.2, 0.25) is 0 Å². The molecule has 1 amide bonds. The molecule has 0 aromatic heterocycles. The minimum atomic E-state index is -4.44. The van der Waals surface area contributed by atoms with Crippen LogP contribution in [0.4, 0.5) is 0 Å². The Kier molecular flexibility index (Phi) is 20.5. The van der Waals surface area contributed by atoms with Crippen LogP contribution >= 0.6 is 0 Å². The average molecular weight is 514 g/mol. The van der Waals surface area contributed by atoms with Gasteiger partial charge >= 0.3 is 0 Å². The van der Waals surface area contributed by atoms with E-state index in [0.29, 0.717) is 12.8 Å². The van der Waals surface area contributed by atoms with Crippen LogP contribution in [0, 0.1) is 0 Å². The van der Waals surface area contributed by atoms with Crippen LogP contribution < -0.4 is 5.32 Å². The first-order valence-electron chi connectivity index (χ1n) is 12.9. The van der Waals surface area contributed by atoms with Crippen LogP contribution in [0.3, 0.4) is 0 Å². The highest BCUT2D eigenvalue weighted by atomic mass is 32.2. The van der Waals surface area contributed by atoms with E-state index in [9.17, 15) is 28.0 Å². The molecule has 0 radical (unpaired) electrons. The zero-order valence-electron chi connectivity index (χ0n) is 21.5. The van der Waals surface area contributed by atoms with Crippen LogP contribution in [-0.4, -0.2) is 53.1 Å². The largest absolute Gasteiger partial charge is 0.387 e. The lowest BCUT2D eigenvalue weighted by Crippen LogP contribution is -2.50. The van der Waals surface area contributed by atoms with E-state index in [-0.39, 0.29) is 6.42 Å². The molecule has 35 heavy (non-hydrogen) atoms. The smallest absolute Gasteiger partial charge is 0.267 e. The molecule has 3 unspecified atom stereocenters. The Bertz CT molecular complexity index is 758. The lowest BCUT2D eigenvalue weighted by Gasteiger charge is -2.22. The Morgan fingerprint density at radius 1 is 0.829 bits per heavy atom. The van der Waals surface area contributed by atoms with Gasteiger partial charge in [-0.25, -0.2) is 0 Å². The molecule has 0 rings (SSSR count). The molecule has 0 aliphatic carbocycles. The van der Waals surface area contributed by atoms with Crippen LogP contribution in [0.25, 0.3) is 0 Å². The van der Waals surface area contributed by atoms with Gasteiger partial charge in [-0.15, -0.1) is 0 Å². The van der Waals surface area contributed by atoms with Crippen molar-refractivity contribution in [2.75, 3.05) is 5.75 Å². The van der Waals surface area contributed by atoms with Gasteiger partial charge in [-0.05, 0) is 58.3 Å². The first kappa shape index (κ1) is 33.3. The lowest BCUT2D eigenvalue weighted by molar-refractivity contribution is -0.130. The summed E-state index contributed by atoms with van der Waals surface area (Å²) in [5.74, 6) is -1.60. The summed E-state index contributed by atoms with van der Waals surface area (Å²) >= 11 is 0. The van der Waals surface area contributed by atoms with Gasteiger partial charge in [-0.2, -0.15) is 8.42 Å². The van der Waals surface area contributed by atoms with Gasteiger partial charge < -0.3 is 15.5 Å². The second-order valence-electron chi connectivity index (χ2n) is 8.74. The van der Waals surface area contributed by atoms with Gasteiger partial charge in [0.2, 0.25) is 5.91 Å². The number of aliphatic hydroxyl groups is 2. The van der Waals surface area contributed by atoms with Gasteiger partial charge in [0, 0.05) is 0 Å². The van der Waals surface area contributed by atoms with Crippen LogP contribution in [0.1, 0.15) is 90.9 Å². The maximum Gasteiger partial charge on any atom is 0.267 e. The van der Waals surface area contributed by atoms with Crippen molar-refractivity contribution in [3.8, 4) is 0 Å². The number of amides is 1. The fraction of sp³-hybridized carbons (Fsp3) is 0.667. The standard InChI is InChI=1S/C27H47NO6S/c1-3-5-7-9-11-13-15-17-19-21-25(29)24(23-35(32,33)34)28-27(31)26(30)22-20-18-16-14-12-10-8-6-4-2/h3,5,10-13,19,21,24-26,29-30H,4,6-9,14-18,20,22-23H2,1-2H3,(H,28,31)(H,32,33,34)/b5-3+,12-10-,13-11+,21-19+. The Balaban J connectivity index is 4.49. The number of nitrogens with one attached hydrogen (secondary N) is 1. The predicted octanol–water partition coefficient (Wildman–Crippen LogP) is 5.03. The van der Waals surface area contributed by atoms with E-state index < -0.39 is 40.0 Å². The highest BCUT2D eigenvalue weighted by Gasteiger charge is 2.27. The summed E-state index contributed by atoms with van der Waals surface area (Å²) in [7, 11) is -4.44. The first-order valence-corrected chi connectivity index (χ1v) is 14.5. The lowest BCUT2D eigenvalue weighted by atomic mass is 10.1. The van der Waals surface area contributed by atoms with Crippen molar-refractivity contribution >= 4 is 16.0 Å². The second kappa shape index (κ2) is 21.5. The summed E-state index contributed by atoms with van der Waals surface area (Å²) in [6.45, 7) is 4.14. The Hall–Kier alpha value is -1.74. The molecule has 0 aromatic rings. The third-order valence-corrected chi connectivity index (χ3v) is 6.19. The highest BCUT2D eigenvalue weighted by molar-refractivity contribution is 7.85. The topological polar surface area (TPSA) is 124 Å². The molecule has 8 heteroatoms. The SMILES string of the molecule is C/C=C/CC/C=C/CC/C=C/C(O)C(CS(=O)(=O)O)NC(=O)C(O)CCCCC/C=C\CCCC. The van der Waals surface area contributed by atoms with Crippen molar-refractivity contribution in [1.82, 2.24) is 5.32 Å². The minimum Gasteiger partial charge on any atom is -0.387 e. The van der Waals surface area contributed by atoms with E-state index >= 15 is 0 Å². The highest BCUT2D eigenvalue weighted by Crippen LogP contribution is 2.09. The molecule has 0 saturated heterocycles.